The SMILES string of the molecule is CN1CCN(c2ccc(-c3ccc(NC(=O)Nc4cccc(Cl)c4)cc3)nn2)CC1. The van der Waals surface area contributed by atoms with Crippen LogP contribution in [0.5, 0.6) is 0 Å². The number of hydrogen-bond donors (Lipinski definition) is 2. The van der Waals surface area contributed by atoms with E-state index in [0.717, 1.165) is 43.3 Å². The number of nitrogens with one attached hydrogen (secondary N) is 2. The van der Waals surface area contributed by atoms with Gasteiger partial charge in [-0.2, -0.15) is 0 Å². The van der Waals surface area contributed by atoms with Gasteiger partial charge in [-0.05, 0) is 49.5 Å². The summed E-state index contributed by atoms with van der Waals surface area (Å²) in [4.78, 5) is 16.7. The Morgan fingerprint density at radius 3 is 2.30 bits per heavy atom. The van der Waals surface area contributed by atoms with Gasteiger partial charge in [0.1, 0.15) is 0 Å². The Labute approximate surface area is 180 Å². The monoisotopic (exact) mass is 422 g/mol. The molecule has 8 heteroatoms. The number of amides is 2. The van der Waals surface area contributed by atoms with E-state index in [1.165, 1.54) is 0 Å². The summed E-state index contributed by atoms with van der Waals surface area (Å²) in [5, 5.41) is 14.9. The van der Waals surface area contributed by atoms with Crippen LogP contribution in [-0.4, -0.2) is 54.4 Å². The standard InChI is InChI=1S/C22H23ClN6O/c1-28-11-13-29(14-12-28)21-10-9-20(26-27-21)16-5-7-18(8-6-16)24-22(30)25-19-4-2-3-17(23)15-19/h2-10,15H,11-14H2,1H3,(H2,24,25,30). The van der Waals surface area contributed by atoms with Crippen molar-refractivity contribution in [2.45, 2.75) is 0 Å². The fourth-order valence-electron chi connectivity index (χ4n) is 3.27. The largest absolute Gasteiger partial charge is 0.353 e. The second-order valence-electron chi connectivity index (χ2n) is 7.23. The minimum Gasteiger partial charge on any atom is -0.353 e. The van der Waals surface area contributed by atoms with Crippen molar-refractivity contribution in [3.63, 3.8) is 0 Å². The number of aromatic nitrogens is 2. The normalized spacial score (nSPS) is 14.4. The van der Waals surface area contributed by atoms with Gasteiger partial charge in [-0.3, -0.25) is 0 Å². The second kappa shape index (κ2) is 9.11. The lowest BCUT2D eigenvalue weighted by atomic mass is 10.1. The highest BCUT2D eigenvalue weighted by Gasteiger charge is 2.15. The minimum absolute atomic E-state index is 0.332. The molecule has 30 heavy (non-hydrogen) atoms. The van der Waals surface area contributed by atoms with Crippen molar-refractivity contribution in [3.8, 4) is 11.3 Å². The van der Waals surface area contributed by atoms with Crippen molar-refractivity contribution >= 4 is 34.8 Å². The van der Waals surface area contributed by atoms with E-state index in [4.69, 9.17) is 11.6 Å². The summed E-state index contributed by atoms with van der Waals surface area (Å²) >= 11 is 5.94. The highest BCUT2D eigenvalue weighted by molar-refractivity contribution is 6.30. The van der Waals surface area contributed by atoms with E-state index in [1.807, 2.05) is 36.4 Å². The first-order valence-corrected chi connectivity index (χ1v) is 10.2. The molecule has 7 nitrogen and oxygen atoms in total. The number of likely N-dealkylation sites (N-methyl/N-ethyl adjacent to an activating group) is 1. The Kier molecular flexibility index (Phi) is 6.11. The van der Waals surface area contributed by atoms with Crippen LogP contribution in [0, 0.1) is 0 Å². The van der Waals surface area contributed by atoms with Crippen LogP contribution in [0.1, 0.15) is 0 Å². The van der Waals surface area contributed by atoms with Crippen LogP contribution in [0.15, 0.2) is 60.7 Å². The van der Waals surface area contributed by atoms with Gasteiger partial charge < -0.3 is 20.4 Å². The number of piperazine rings is 1. The van der Waals surface area contributed by atoms with Gasteiger partial charge >= 0.3 is 6.03 Å². The number of carbonyl (C=O) groups excluding carboxylic acids is 1. The van der Waals surface area contributed by atoms with Gasteiger partial charge in [-0.25, -0.2) is 4.79 Å². The summed E-state index contributed by atoms with van der Waals surface area (Å²) < 4.78 is 0. The number of nitrogens with zero attached hydrogens (tertiary/aromatic N) is 4. The third-order valence-electron chi connectivity index (χ3n) is 5.00. The first-order chi connectivity index (χ1) is 14.6. The molecule has 2 amide bonds. The maximum atomic E-state index is 12.2. The summed E-state index contributed by atoms with van der Waals surface area (Å²) in [5.74, 6) is 0.905. The van der Waals surface area contributed by atoms with Crippen LogP contribution >= 0.6 is 11.6 Å². The Balaban J connectivity index is 1.36. The molecule has 0 atom stereocenters. The van der Waals surface area contributed by atoms with Crippen molar-refractivity contribution in [3.05, 3.63) is 65.7 Å². The van der Waals surface area contributed by atoms with Crippen molar-refractivity contribution in [1.29, 1.82) is 0 Å². The van der Waals surface area contributed by atoms with Crippen LogP contribution in [0.2, 0.25) is 5.02 Å². The molecule has 1 aromatic heterocycles. The molecule has 1 fully saturated rings. The summed E-state index contributed by atoms with van der Waals surface area (Å²) in [6.45, 7) is 3.98. The molecule has 0 aliphatic carbocycles. The summed E-state index contributed by atoms with van der Waals surface area (Å²) in [7, 11) is 2.13. The zero-order valence-corrected chi connectivity index (χ0v) is 17.4. The van der Waals surface area contributed by atoms with Crippen LogP contribution < -0.4 is 15.5 Å². The average Bonchev–Trinajstić information content (AvgIpc) is 2.75. The van der Waals surface area contributed by atoms with E-state index in [2.05, 4.69) is 37.7 Å². The third-order valence-corrected chi connectivity index (χ3v) is 5.23. The number of halogens is 1. The molecule has 2 aromatic carbocycles. The lowest BCUT2D eigenvalue weighted by molar-refractivity contribution is 0.262. The van der Waals surface area contributed by atoms with E-state index >= 15 is 0 Å². The first-order valence-electron chi connectivity index (χ1n) is 9.78. The molecule has 0 radical (unpaired) electrons. The number of hydrogen-bond acceptors (Lipinski definition) is 5. The number of carbonyl (C=O) groups is 1. The summed E-state index contributed by atoms with van der Waals surface area (Å²) in [6, 6.07) is 18.2. The van der Waals surface area contributed by atoms with Crippen LogP contribution in [0.4, 0.5) is 22.0 Å². The third kappa shape index (κ3) is 5.06. The lowest BCUT2D eigenvalue weighted by Gasteiger charge is -2.32. The predicted octanol–water partition coefficient (Wildman–Crippen LogP) is 4.19. The molecule has 4 rings (SSSR count). The fourth-order valence-corrected chi connectivity index (χ4v) is 3.46. The average molecular weight is 423 g/mol. The predicted molar refractivity (Wildman–Crippen MR) is 121 cm³/mol. The van der Waals surface area contributed by atoms with Crippen LogP contribution in [-0.2, 0) is 0 Å². The molecule has 0 spiro atoms. The maximum Gasteiger partial charge on any atom is 0.323 e. The minimum atomic E-state index is -0.332. The molecule has 154 valence electrons. The van der Waals surface area contributed by atoms with Crippen molar-refractivity contribution in [2.75, 3.05) is 48.8 Å². The van der Waals surface area contributed by atoms with Gasteiger partial charge in [0.05, 0.1) is 5.69 Å². The molecular formula is C22H23ClN6O. The molecule has 0 bridgehead atoms. The van der Waals surface area contributed by atoms with E-state index in [-0.39, 0.29) is 6.03 Å². The summed E-state index contributed by atoms with van der Waals surface area (Å²) in [6.07, 6.45) is 0. The van der Waals surface area contributed by atoms with Crippen molar-refractivity contribution in [2.24, 2.45) is 0 Å². The maximum absolute atomic E-state index is 12.2. The fraction of sp³-hybridized carbons (Fsp3) is 0.227. The Morgan fingerprint density at radius 2 is 1.63 bits per heavy atom. The number of rotatable bonds is 4. The van der Waals surface area contributed by atoms with Crippen LogP contribution in [0.25, 0.3) is 11.3 Å². The van der Waals surface area contributed by atoms with Gasteiger partial charge in [-0.1, -0.05) is 29.8 Å². The molecule has 2 heterocycles. The molecule has 1 aliphatic rings. The Hall–Kier alpha value is -3.16. The van der Waals surface area contributed by atoms with Gasteiger partial charge in [0.25, 0.3) is 0 Å². The molecule has 1 saturated heterocycles. The summed E-state index contributed by atoms with van der Waals surface area (Å²) in [5.41, 5.74) is 3.05. The van der Waals surface area contributed by atoms with Gasteiger partial charge in [0.15, 0.2) is 5.82 Å². The topological polar surface area (TPSA) is 73.4 Å². The van der Waals surface area contributed by atoms with Crippen molar-refractivity contribution < 1.29 is 4.79 Å². The molecular weight excluding hydrogens is 400 g/mol. The molecule has 2 N–H and O–H groups in total. The highest BCUT2D eigenvalue weighted by atomic mass is 35.5. The zero-order valence-electron chi connectivity index (χ0n) is 16.7. The zero-order chi connectivity index (χ0) is 20.9. The molecule has 0 unspecified atom stereocenters. The van der Waals surface area contributed by atoms with E-state index < -0.39 is 0 Å². The highest BCUT2D eigenvalue weighted by Crippen LogP contribution is 2.22. The number of benzene rings is 2. The van der Waals surface area contributed by atoms with Gasteiger partial charge in [-0.15, -0.1) is 10.2 Å². The molecule has 1 aliphatic heterocycles. The number of anilines is 3. The van der Waals surface area contributed by atoms with Gasteiger partial charge in [0, 0.05) is 48.1 Å². The smallest absolute Gasteiger partial charge is 0.323 e. The molecule has 0 saturated carbocycles. The van der Waals surface area contributed by atoms with E-state index in [0.29, 0.717) is 16.4 Å². The van der Waals surface area contributed by atoms with E-state index in [1.54, 1.807) is 24.3 Å². The number of urea groups is 1. The Bertz CT molecular complexity index is 1000. The second-order valence-corrected chi connectivity index (χ2v) is 7.67. The van der Waals surface area contributed by atoms with Crippen molar-refractivity contribution in [1.82, 2.24) is 15.1 Å². The molecule has 3 aromatic rings. The lowest BCUT2D eigenvalue weighted by Crippen LogP contribution is -2.44. The first kappa shape index (κ1) is 20.1. The van der Waals surface area contributed by atoms with Crippen LogP contribution in [0.3, 0.4) is 0 Å². The Morgan fingerprint density at radius 1 is 0.900 bits per heavy atom. The van der Waals surface area contributed by atoms with E-state index in [9.17, 15) is 4.79 Å². The van der Waals surface area contributed by atoms with Gasteiger partial charge in [0.2, 0.25) is 0 Å². The quantitative estimate of drug-likeness (QED) is 0.659.